The lowest BCUT2D eigenvalue weighted by atomic mass is 10.0. The number of carbonyl (C=O) groups is 2. The SMILES string of the molecule is CNC(=O)C(NC(=O)CCc1ccc(Cl)cc1)c1ccc(F)c(F)c1. The number of benzene rings is 2. The van der Waals surface area contributed by atoms with Gasteiger partial charge in [0.15, 0.2) is 11.6 Å². The van der Waals surface area contributed by atoms with Gasteiger partial charge in [-0.2, -0.15) is 0 Å². The van der Waals surface area contributed by atoms with Gasteiger partial charge in [-0.25, -0.2) is 8.78 Å². The van der Waals surface area contributed by atoms with Crippen molar-refractivity contribution in [3.63, 3.8) is 0 Å². The molecule has 0 aliphatic rings. The summed E-state index contributed by atoms with van der Waals surface area (Å²) in [5, 5.41) is 5.55. The molecular weight excluding hydrogens is 350 g/mol. The summed E-state index contributed by atoms with van der Waals surface area (Å²) in [4.78, 5) is 24.2. The van der Waals surface area contributed by atoms with Crippen LogP contribution < -0.4 is 10.6 Å². The fourth-order valence-electron chi connectivity index (χ4n) is 2.28. The Kier molecular flexibility index (Phi) is 6.47. The fraction of sp³-hybridized carbons (Fsp3) is 0.222. The molecule has 0 saturated heterocycles. The molecule has 0 aliphatic heterocycles. The Morgan fingerprint density at radius 2 is 1.76 bits per heavy atom. The van der Waals surface area contributed by atoms with Crippen LogP contribution in [0.15, 0.2) is 42.5 Å². The predicted octanol–water partition coefficient (Wildman–Crippen LogP) is 3.15. The largest absolute Gasteiger partial charge is 0.357 e. The lowest BCUT2D eigenvalue weighted by Crippen LogP contribution is -2.39. The number of aryl methyl sites for hydroxylation is 1. The van der Waals surface area contributed by atoms with Crippen LogP contribution in [0, 0.1) is 11.6 Å². The molecule has 132 valence electrons. The van der Waals surface area contributed by atoms with E-state index >= 15 is 0 Å². The first-order chi connectivity index (χ1) is 11.9. The van der Waals surface area contributed by atoms with E-state index in [1.54, 1.807) is 24.3 Å². The van der Waals surface area contributed by atoms with E-state index in [9.17, 15) is 18.4 Å². The van der Waals surface area contributed by atoms with Gasteiger partial charge in [-0.1, -0.05) is 29.8 Å². The second kappa shape index (κ2) is 8.58. The van der Waals surface area contributed by atoms with Gasteiger partial charge in [0.1, 0.15) is 6.04 Å². The maximum Gasteiger partial charge on any atom is 0.246 e. The molecule has 1 unspecified atom stereocenters. The third-order valence-corrected chi connectivity index (χ3v) is 3.90. The Hall–Kier alpha value is -2.47. The highest BCUT2D eigenvalue weighted by molar-refractivity contribution is 6.30. The lowest BCUT2D eigenvalue weighted by molar-refractivity contribution is -0.128. The maximum absolute atomic E-state index is 13.4. The Morgan fingerprint density at radius 3 is 2.36 bits per heavy atom. The van der Waals surface area contributed by atoms with Crippen molar-refractivity contribution in [3.05, 3.63) is 70.2 Å². The average molecular weight is 367 g/mol. The molecule has 1 atom stereocenters. The zero-order chi connectivity index (χ0) is 18.4. The molecule has 0 radical (unpaired) electrons. The molecule has 2 aromatic rings. The molecule has 2 N–H and O–H groups in total. The molecule has 0 spiro atoms. The van der Waals surface area contributed by atoms with Gasteiger partial charge in [-0.15, -0.1) is 0 Å². The van der Waals surface area contributed by atoms with E-state index in [0.717, 1.165) is 17.7 Å². The van der Waals surface area contributed by atoms with Gasteiger partial charge >= 0.3 is 0 Å². The second-order valence-corrected chi connectivity index (χ2v) is 5.85. The van der Waals surface area contributed by atoms with Crippen LogP contribution in [0.1, 0.15) is 23.6 Å². The highest BCUT2D eigenvalue weighted by Crippen LogP contribution is 2.17. The van der Waals surface area contributed by atoms with Crippen molar-refractivity contribution in [2.75, 3.05) is 7.05 Å². The molecule has 0 fully saturated rings. The van der Waals surface area contributed by atoms with Crippen molar-refractivity contribution in [1.29, 1.82) is 0 Å². The topological polar surface area (TPSA) is 58.2 Å². The number of amides is 2. The number of hydrogen-bond donors (Lipinski definition) is 2. The van der Waals surface area contributed by atoms with Crippen LogP contribution in [-0.4, -0.2) is 18.9 Å². The van der Waals surface area contributed by atoms with Gasteiger partial charge in [-0.05, 0) is 41.8 Å². The van der Waals surface area contributed by atoms with E-state index in [0.29, 0.717) is 11.4 Å². The quantitative estimate of drug-likeness (QED) is 0.825. The predicted molar refractivity (Wildman–Crippen MR) is 91.1 cm³/mol. The Bertz CT molecular complexity index is 766. The minimum atomic E-state index is -1.10. The van der Waals surface area contributed by atoms with Gasteiger partial charge < -0.3 is 10.6 Å². The maximum atomic E-state index is 13.4. The molecule has 2 aromatic carbocycles. The summed E-state index contributed by atoms with van der Waals surface area (Å²) < 4.78 is 26.5. The first-order valence-electron chi connectivity index (χ1n) is 7.61. The van der Waals surface area contributed by atoms with Crippen LogP contribution in [-0.2, 0) is 16.0 Å². The van der Waals surface area contributed by atoms with Crippen molar-refractivity contribution in [2.45, 2.75) is 18.9 Å². The molecule has 0 aromatic heterocycles. The van der Waals surface area contributed by atoms with E-state index in [2.05, 4.69) is 10.6 Å². The summed E-state index contributed by atoms with van der Waals surface area (Å²) in [6.45, 7) is 0. The van der Waals surface area contributed by atoms with Crippen molar-refractivity contribution in [2.24, 2.45) is 0 Å². The van der Waals surface area contributed by atoms with Gasteiger partial charge in [0, 0.05) is 18.5 Å². The molecule has 7 heteroatoms. The highest BCUT2D eigenvalue weighted by Gasteiger charge is 2.22. The summed E-state index contributed by atoms with van der Waals surface area (Å²) in [6.07, 6.45) is 0.597. The zero-order valence-corrected chi connectivity index (χ0v) is 14.2. The normalized spacial score (nSPS) is 11.7. The van der Waals surface area contributed by atoms with Crippen LogP contribution in [0.4, 0.5) is 8.78 Å². The molecule has 4 nitrogen and oxygen atoms in total. The highest BCUT2D eigenvalue weighted by atomic mass is 35.5. The molecule has 0 saturated carbocycles. The van der Waals surface area contributed by atoms with Crippen LogP contribution in [0.25, 0.3) is 0 Å². The number of halogens is 3. The van der Waals surface area contributed by atoms with E-state index in [-0.39, 0.29) is 17.9 Å². The summed E-state index contributed by atoms with van der Waals surface area (Å²) >= 11 is 5.80. The number of hydrogen-bond acceptors (Lipinski definition) is 2. The third kappa shape index (κ3) is 5.26. The van der Waals surface area contributed by atoms with E-state index in [4.69, 9.17) is 11.6 Å². The van der Waals surface area contributed by atoms with Crippen molar-refractivity contribution >= 4 is 23.4 Å². The fourth-order valence-corrected chi connectivity index (χ4v) is 2.40. The van der Waals surface area contributed by atoms with Crippen LogP contribution in [0.2, 0.25) is 5.02 Å². The van der Waals surface area contributed by atoms with Gasteiger partial charge in [0.05, 0.1) is 0 Å². The van der Waals surface area contributed by atoms with Gasteiger partial charge in [-0.3, -0.25) is 9.59 Å². The Morgan fingerprint density at radius 1 is 1.08 bits per heavy atom. The number of nitrogens with one attached hydrogen (secondary N) is 2. The standard InChI is InChI=1S/C18H17ClF2N2O2/c1-22-18(25)17(12-5-8-14(20)15(21)10-12)23-16(24)9-4-11-2-6-13(19)7-3-11/h2-3,5-8,10,17H,4,9H2,1H3,(H,22,25)(H,23,24). The number of rotatable bonds is 6. The van der Waals surface area contributed by atoms with E-state index in [1.807, 2.05) is 0 Å². The van der Waals surface area contributed by atoms with Crippen molar-refractivity contribution in [3.8, 4) is 0 Å². The average Bonchev–Trinajstić information content (AvgIpc) is 2.61. The minimum absolute atomic E-state index is 0.138. The zero-order valence-electron chi connectivity index (χ0n) is 13.5. The van der Waals surface area contributed by atoms with Crippen LogP contribution in [0.5, 0.6) is 0 Å². The number of carbonyl (C=O) groups excluding carboxylic acids is 2. The molecule has 25 heavy (non-hydrogen) atoms. The molecular formula is C18H17ClF2N2O2. The first-order valence-corrected chi connectivity index (χ1v) is 7.99. The molecule has 2 amide bonds. The summed E-state index contributed by atoms with van der Waals surface area (Å²) in [5.74, 6) is -3.01. The van der Waals surface area contributed by atoms with Crippen LogP contribution in [0.3, 0.4) is 0 Å². The molecule has 0 heterocycles. The smallest absolute Gasteiger partial charge is 0.246 e. The monoisotopic (exact) mass is 366 g/mol. The Labute approximate surface area is 149 Å². The number of likely N-dealkylation sites (N-methyl/N-ethyl adjacent to an activating group) is 1. The van der Waals surface area contributed by atoms with Crippen molar-refractivity contribution in [1.82, 2.24) is 10.6 Å². The second-order valence-electron chi connectivity index (χ2n) is 5.41. The molecule has 2 rings (SSSR count). The summed E-state index contributed by atoms with van der Waals surface area (Å²) in [5.41, 5.74) is 1.09. The molecule has 0 aliphatic carbocycles. The van der Waals surface area contributed by atoms with Gasteiger partial charge in [0.25, 0.3) is 0 Å². The van der Waals surface area contributed by atoms with Crippen molar-refractivity contribution < 1.29 is 18.4 Å². The van der Waals surface area contributed by atoms with Gasteiger partial charge in [0.2, 0.25) is 11.8 Å². The Balaban J connectivity index is 2.05. The van der Waals surface area contributed by atoms with Crippen LogP contribution >= 0.6 is 11.6 Å². The first kappa shape index (κ1) is 18.9. The lowest BCUT2D eigenvalue weighted by Gasteiger charge is -2.18. The summed E-state index contributed by atoms with van der Waals surface area (Å²) in [7, 11) is 1.40. The summed E-state index contributed by atoms with van der Waals surface area (Å²) in [6, 6.07) is 9.04. The molecule has 0 bridgehead atoms. The van der Waals surface area contributed by atoms with E-state index < -0.39 is 23.6 Å². The minimum Gasteiger partial charge on any atom is -0.357 e. The third-order valence-electron chi connectivity index (χ3n) is 3.64. The van der Waals surface area contributed by atoms with E-state index in [1.165, 1.54) is 13.1 Å².